The van der Waals surface area contributed by atoms with Gasteiger partial charge in [-0.25, -0.2) is 0 Å². The Bertz CT molecular complexity index is 348. The van der Waals surface area contributed by atoms with Crippen LogP contribution in [0.15, 0.2) is 12.4 Å². The van der Waals surface area contributed by atoms with E-state index in [2.05, 4.69) is 16.6 Å². The van der Waals surface area contributed by atoms with Crippen molar-refractivity contribution in [1.82, 2.24) is 15.1 Å². The van der Waals surface area contributed by atoms with Crippen molar-refractivity contribution >= 4 is 0 Å². The summed E-state index contributed by atoms with van der Waals surface area (Å²) in [5.74, 6) is 1.05. The number of hydrogen-bond acceptors (Lipinski definition) is 2. The molecule has 2 aliphatic rings. The fourth-order valence-electron chi connectivity index (χ4n) is 2.60. The van der Waals surface area contributed by atoms with Crippen molar-refractivity contribution < 1.29 is 0 Å². The second kappa shape index (κ2) is 3.34. The second-order valence-electron chi connectivity index (χ2n) is 5.26. The van der Waals surface area contributed by atoms with Crippen LogP contribution in [0.25, 0.3) is 0 Å². The van der Waals surface area contributed by atoms with Crippen molar-refractivity contribution in [2.45, 2.75) is 32.2 Å². The normalized spacial score (nSPS) is 23.0. The average molecular weight is 205 g/mol. The van der Waals surface area contributed by atoms with Crippen molar-refractivity contribution in [3.63, 3.8) is 0 Å². The maximum absolute atomic E-state index is 4.17. The molecule has 15 heavy (non-hydrogen) atoms. The molecule has 0 bridgehead atoms. The summed E-state index contributed by atoms with van der Waals surface area (Å²) in [6.45, 7) is 2.19. The number of hydrogen-bond donors (Lipinski definition) is 1. The third kappa shape index (κ3) is 1.93. The van der Waals surface area contributed by atoms with Gasteiger partial charge in [0.1, 0.15) is 0 Å². The molecular formula is C12H19N3. The predicted octanol–water partition coefficient (Wildman–Crippen LogP) is 1.70. The topological polar surface area (TPSA) is 29.9 Å². The standard InChI is InChI=1S/C12H19N3/c1-15-8-10(7-14-15)6-13-9-12(4-5-12)11-2-3-11/h7-8,11,13H,2-6,9H2,1H3. The number of aryl methyl sites for hydroxylation is 1. The Kier molecular flexibility index (Phi) is 2.09. The summed E-state index contributed by atoms with van der Waals surface area (Å²) in [6, 6.07) is 0. The third-order valence-corrected chi connectivity index (χ3v) is 3.90. The van der Waals surface area contributed by atoms with Crippen LogP contribution in [0.3, 0.4) is 0 Å². The van der Waals surface area contributed by atoms with Gasteiger partial charge in [0, 0.05) is 31.9 Å². The lowest BCUT2D eigenvalue weighted by molar-refractivity contribution is 0.403. The largest absolute Gasteiger partial charge is 0.312 e. The van der Waals surface area contributed by atoms with Gasteiger partial charge in [-0.2, -0.15) is 5.10 Å². The molecule has 82 valence electrons. The number of rotatable bonds is 5. The molecule has 1 heterocycles. The lowest BCUT2D eigenvalue weighted by atomic mass is 10.0. The van der Waals surface area contributed by atoms with E-state index >= 15 is 0 Å². The second-order valence-corrected chi connectivity index (χ2v) is 5.26. The molecule has 1 aromatic heterocycles. The van der Waals surface area contributed by atoms with E-state index in [0.717, 1.165) is 12.5 Å². The SMILES string of the molecule is Cn1cc(CNCC2(C3CC3)CC2)cn1. The molecule has 2 aliphatic carbocycles. The highest BCUT2D eigenvalue weighted by Crippen LogP contribution is 2.60. The highest BCUT2D eigenvalue weighted by Gasteiger charge is 2.53. The van der Waals surface area contributed by atoms with Crippen molar-refractivity contribution in [3.8, 4) is 0 Å². The molecule has 0 radical (unpaired) electrons. The summed E-state index contributed by atoms with van der Waals surface area (Å²) in [6.07, 6.45) is 9.91. The molecule has 0 unspecified atom stereocenters. The first kappa shape index (κ1) is 9.40. The summed E-state index contributed by atoms with van der Waals surface area (Å²) >= 11 is 0. The Morgan fingerprint density at radius 3 is 2.87 bits per heavy atom. The molecule has 0 spiro atoms. The molecule has 3 rings (SSSR count). The zero-order valence-corrected chi connectivity index (χ0v) is 9.37. The van der Waals surface area contributed by atoms with Crippen molar-refractivity contribution in [2.24, 2.45) is 18.4 Å². The maximum atomic E-state index is 4.17. The van der Waals surface area contributed by atoms with Crippen LogP contribution < -0.4 is 5.32 Å². The van der Waals surface area contributed by atoms with Gasteiger partial charge in [0.15, 0.2) is 0 Å². The molecule has 0 aromatic carbocycles. The van der Waals surface area contributed by atoms with Gasteiger partial charge in [-0.15, -0.1) is 0 Å². The van der Waals surface area contributed by atoms with Crippen LogP contribution in [-0.2, 0) is 13.6 Å². The Hall–Kier alpha value is -0.830. The molecule has 1 aromatic rings. The molecule has 3 heteroatoms. The predicted molar refractivity (Wildman–Crippen MR) is 59.3 cm³/mol. The molecule has 0 atom stereocenters. The fraction of sp³-hybridized carbons (Fsp3) is 0.750. The number of nitrogens with zero attached hydrogens (tertiary/aromatic N) is 2. The van der Waals surface area contributed by atoms with Crippen LogP contribution >= 0.6 is 0 Å². The van der Waals surface area contributed by atoms with Gasteiger partial charge in [0.05, 0.1) is 6.20 Å². The Morgan fingerprint density at radius 2 is 2.33 bits per heavy atom. The maximum Gasteiger partial charge on any atom is 0.0534 e. The highest BCUT2D eigenvalue weighted by molar-refractivity contribution is 5.07. The molecule has 0 saturated heterocycles. The Morgan fingerprint density at radius 1 is 1.53 bits per heavy atom. The molecule has 1 N–H and O–H groups in total. The minimum absolute atomic E-state index is 0.711. The zero-order chi connectivity index (χ0) is 10.3. The van der Waals surface area contributed by atoms with Gasteiger partial charge in [-0.1, -0.05) is 0 Å². The van der Waals surface area contributed by atoms with Crippen molar-refractivity contribution in [1.29, 1.82) is 0 Å². The van der Waals surface area contributed by atoms with Gasteiger partial charge in [-0.05, 0) is 37.0 Å². The highest BCUT2D eigenvalue weighted by atomic mass is 15.2. The van der Waals surface area contributed by atoms with E-state index in [-0.39, 0.29) is 0 Å². The number of aromatic nitrogens is 2. The first-order valence-electron chi connectivity index (χ1n) is 5.97. The van der Waals surface area contributed by atoms with Gasteiger partial charge < -0.3 is 5.32 Å². The monoisotopic (exact) mass is 205 g/mol. The first-order chi connectivity index (χ1) is 7.28. The molecule has 3 nitrogen and oxygen atoms in total. The van der Waals surface area contributed by atoms with Gasteiger partial charge in [0.25, 0.3) is 0 Å². The fourth-order valence-corrected chi connectivity index (χ4v) is 2.60. The van der Waals surface area contributed by atoms with Crippen molar-refractivity contribution in [3.05, 3.63) is 18.0 Å². The zero-order valence-electron chi connectivity index (χ0n) is 9.37. The van der Waals surface area contributed by atoms with E-state index in [1.54, 1.807) is 0 Å². The summed E-state index contributed by atoms with van der Waals surface area (Å²) in [7, 11) is 1.97. The van der Waals surface area contributed by atoms with E-state index in [0.29, 0.717) is 5.41 Å². The lowest BCUT2D eigenvalue weighted by Gasteiger charge is -2.14. The molecule has 0 aliphatic heterocycles. The van der Waals surface area contributed by atoms with E-state index < -0.39 is 0 Å². The van der Waals surface area contributed by atoms with Crippen LogP contribution in [0.2, 0.25) is 0 Å². The van der Waals surface area contributed by atoms with Crippen molar-refractivity contribution in [2.75, 3.05) is 6.54 Å². The molecular weight excluding hydrogens is 186 g/mol. The average Bonchev–Trinajstić information content (AvgIpc) is 3.08. The lowest BCUT2D eigenvalue weighted by Crippen LogP contribution is -2.24. The van der Waals surface area contributed by atoms with Crippen LogP contribution in [0, 0.1) is 11.3 Å². The minimum atomic E-state index is 0.711. The molecule has 2 saturated carbocycles. The van der Waals surface area contributed by atoms with Gasteiger partial charge in [0.2, 0.25) is 0 Å². The van der Waals surface area contributed by atoms with E-state index in [4.69, 9.17) is 0 Å². The summed E-state index contributed by atoms with van der Waals surface area (Å²) < 4.78 is 1.87. The Labute approximate surface area is 90.9 Å². The van der Waals surface area contributed by atoms with E-state index in [1.165, 1.54) is 37.8 Å². The van der Waals surface area contributed by atoms with E-state index in [9.17, 15) is 0 Å². The molecule has 0 amide bonds. The van der Waals surface area contributed by atoms with Crippen LogP contribution in [0.1, 0.15) is 31.2 Å². The van der Waals surface area contributed by atoms with Gasteiger partial charge >= 0.3 is 0 Å². The quantitative estimate of drug-likeness (QED) is 0.793. The van der Waals surface area contributed by atoms with Gasteiger partial charge in [-0.3, -0.25) is 4.68 Å². The summed E-state index contributed by atoms with van der Waals surface area (Å²) in [5.41, 5.74) is 2.01. The van der Waals surface area contributed by atoms with Crippen LogP contribution in [0.4, 0.5) is 0 Å². The third-order valence-electron chi connectivity index (χ3n) is 3.90. The first-order valence-corrected chi connectivity index (χ1v) is 5.97. The number of nitrogens with one attached hydrogen (secondary N) is 1. The molecule has 2 fully saturated rings. The van der Waals surface area contributed by atoms with Crippen LogP contribution in [-0.4, -0.2) is 16.3 Å². The summed E-state index contributed by atoms with van der Waals surface area (Å²) in [5, 5.41) is 7.76. The van der Waals surface area contributed by atoms with Crippen LogP contribution in [0.5, 0.6) is 0 Å². The van der Waals surface area contributed by atoms with E-state index in [1.807, 2.05) is 17.9 Å². The summed E-state index contributed by atoms with van der Waals surface area (Å²) in [4.78, 5) is 0. The smallest absolute Gasteiger partial charge is 0.0534 e. The minimum Gasteiger partial charge on any atom is -0.312 e. The Balaban J connectivity index is 1.47.